The third-order valence-corrected chi connectivity index (χ3v) is 5.81. The van der Waals surface area contributed by atoms with Gasteiger partial charge in [-0.15, -0.1) is 0 Å². The van der Waals surface area contributed by atoms with Crippen molar-refractivity contribution in [2.75, 3.05) is 26.7 Å². The Morgan fingerprint density at radius 2 is 2.04 bits per heavy atom. The van der Waals surface area contributed by atoms with Gasteiger partial charge < -0.3 is 19.5 Å². The Kier molecular flexibility index (Phi) is 4.07. The van der Waals surface area contributed by atoms with Crippen molar-refractivity contribution >= 4 is 11.8 Å². The molecule has 1 aromatic carbocycles. The number of ether oxygens (including phenoxy) is 1. The zero-order valence-electron chi connectivity index (χ0n) is 15.1. The van der Waals surface area contributed by atoms with Crippen molar-refractivity contribution in [3.05, 3.63) is 59.4 Å². The molecule has 1 aromatic heterocycles. The van der Waals surface area contributed by atoms with E-state index in [1.54, 1.807) is 6.20 Å². The molecule has 136 valence electrons. The second kappa shape index (κ2) is 6.29. The topological polar surface area (TPSA) is 65.6 Å². The third-order valence-electron chi connectivity index (χ3n) is 5.81. The number of hydrogen-bond donors (Lipinski definition) is 1. The molecule has 2 fully saturated rings. The number of amides is 2. The molecule has 6 nitrogen and oxygen atoms in total. The van der Waals surface area contributed by atoms with Crippen LogP contribution in [0.4, 0.5) is 0 Å². The zero-order chi connectivity index (χ0) is 18.3. The molecular weight excluding hydrogens is 330 g/mol. The monoisotopic (exact) mass is 353 g/mol. The lowest BCUT2D eigenvalue weighted by Gasteiger charge is -2.54. The first-order valence-electron chi connectivity index (χ1n) is 8.91. The van der Waals surface area contributed by atoms with E-state index in [1.165, 1.54) is 0 Å². The molecule has 2 aliphatic heterocycles. The fraction of sp³-hybridized carbons (Fsp3) is 0.400. The fourth-order valence-electron chi connectivity index (χ4n) is 4.26. The highest BCUT2D eigenvalue weighted by Gasteiger charge is 2.53. The molecule has 6 heteroatoms. The number of aromatic nitrogens is 1. The van der Waals surface area contributed by atoms with Gasteiger partial charge in [-0.25, -0.2) is 0 Å². The van der Waals surface area contributed by atoms with Crippen LogP contribution in [0, 0.1) is 6.92 Å². The van der Waals surface area contributed by atoms with Gasteiger partial charge in [0.25, 0.3) is 5.91 Å². The van der Waals surface area contributed by atoms with Gasteiger partial charge >= 0.3 is 0 Å². The number of H-pyrrole nitrogens is 1. The van der Waals surface area contributed by atoms with Crippen LogP contribution in [-0.2, 0) is 15.1 Å². The minimum absolute atomic E-state index is 0.00793. The Hall–Kier alpha value is -2.60. The van der Waals surface area contributed by atoms with Crippen LogP contribution in [0.1, 0.15) is 28.0 Å². The SMILES string of the molecule is Cc1[nH]ccc1C(=O)N1CC[C@]2(c3ccccc3)[C@@H](C1)OCC(=O)N2C. The van der Waals surface area contributed by atoms with Gasteiger partial charge in [0, 0.05) is 32.0 Å². The molecule has 2 saturated heterocycles. The summed E-state index contributed by atoms with van der Waals surface area (Å²) in [5.41, 5.74) is 2.09. The maximum Gasteiger partial charge on any atom is 0.255 e. The van der Waals surface area contributed by atoms with Crippen LogP contribution in [-0.4, -0.2) is 59.4 Å². The van der Waals surface area contributed by atoms with Crippen LogP contribution in [0.25, 0.3) is 0 Å². The number of rotatable bonds is 2. The molecule has 0 bridgehead atoms. The lowest BCUT2D eigenvalue weighted by atomic mass is 9.76. The molecule has 26 heavy (non-hydrogen) atoms. The Labute approximate surface area is 152 Å². The number of likely N-dealkylation sites (N-methyl/N-ethyl adjacent to an activating group) is 1. The van der Waals surface area contributed by atoms with Gasteiger partial charge in [0.2, 0.25) is 5.91 Å². The molecule has 0 aliphatic carbocycles. The molecule has 1 N–H and O–H groups in total. The van der Waals surface area contributed by atoms with Gasteiger partial charge in [-0.2, -0.15) is 0 Å². The number of nitrogens with zero attached hydrogens (tertiary/aromatic N) is 2. The van der Waals surface area contributed by atoms with E-state index >= 15 is 0 Å². The molecule has 2 amide bonds. The number of benzene rings is 1. The zero-order valence-corrected chi connectivity index (χ0v) is 15.1. The third kappa shape index (κ3) is 2.44. The lowest BCUT2D eigenvalue weighted by molar-refractivity contribution is -0.180. The second-order valence-electron chi connectivity index (χ2n) is 7.06. The minimum Gasteiger partial charge on any atom is -0.365 e. The van der Waals surface area contributed by atoms with Crippen LogP contribution in [0.5, 0.6) is 0 Å². The summed E-state index contributed by atoms with van der Waals surface area (Å²) in [5, 5.41) is 0. The van der Waals surface area contributed by atoms with Crippen molar-refractivity contribution in [1.29, 1.82) is 0 Å². The van der Waals surface area contributed by atoms with Gasteiger partial charge in [-0.05, 0) is 25.0 Å². The predicted octanol–water partition coefficient (Wildman–Crippen LogP) is 1.92. The first-order valence-corrected chi connectivity index (χ1v) is 8.91. The maximum atomic E-state index is 12.9. The molecule has 0 spiro atoms. The molecule has 2 aromatic rings. The minimum atomic E-state index is -0.527. The van der Waals surface area contributed by atoms with Crippen LogP contribution >= 0.6 is 0 Å². The number of fused-ring (bicyclic) bond motifs is 1. The highest BCUT2D eigenvalue weighted by atomic mass is 16.5. The summed E-state index contributed by atoms with van der Waals surface area (Å²) in [6.07, 6.45) is 2.19. The van der Waals surface area contributed by atoms with E-state index in [1.807, 2.05) is 60.2 Å². The Morgan fingerprint density at radius 1 is 1.27 bits per heavy atom. The highest BCUT2D eigenvalue weighted by molar-refractivity contribution is 5.95. The quantitative estimate of drug-likeness (QED) is 0.897. The van der Waals surface area contributed by atoms with Crippen molar-refractivity contribution in [2.24, 2.45) is 0 Å². The summed E-state index contributed by atoms with van der Waals surface area (Å²) >= 11 is 0. The average Bonchev–Trinajstić information content (AvgIpc) is 3.10. The Bertz CT molecular complexity index is 832. The number of morpholine rings is 1. The number of aromatic amines is 1. The number of carbonyl (C=O) groups is 2. The van der Waals surface area contributed by atoms with Crippen LogP contribution in [0.15, 0.2) is 42.6 Å². The number of hydrogen-bond acceptors (Lipinski definition) is 3. The van der Waals surface area contributed by atoms with Gasteiger partial charge in [0.1, 0.15) is 12.7 Å². The molecule has 4 rings (SSSR count). The standard InChI is InChI=1S/C20H23N3O3/c1-14-16(8-10-21-14)19(25)23-11-9-20(15-6-4-3-5-7-15)17(12-23)26-13-18(24)22(20)2/h3-8,10,17,21H,9,11-13H2,1-2H3/t17-,20+/m1/s1. The number of nitrogens with one attached hydrogen (secondary N) is 1. The maximum absolute atomic E-state index is 12.9. The van der Waals surface area contributed by atoms with E-state index < -0.39 is 5.54 Å². The Morgan fingerprint density at radius 3 is 2.73 bits per heavy atom. The summed E-state index contributed by atoms with van der Waals surface area (Å²) in [7, 11) is 1.85. The van der Waals surface area contributed by atoms with Gasteiger partial charge in [0.15, 0.2) is 0 Å². The predicted molar refractivity (Wildman–Crippen MR) is 96.7 cm³/mol. The molecular formula is C20H23N3O3. The summed E-state index contributed by atoms with van der Waals surface area (Å²) in [6, 6.07) is 11.8. The smallest absolute Gasteiger partial charge is 0.255 e. The molecule has 2 aliphatic rings. The number of piperidine rings is 1. The van der Waals surface area contributed by atoms with Gasteiger partial charge in [0.05, 0.1) is 11.1 Å². The van der Waals surface area contributed by atoms with Crippen molar-refractivity contribution in [2.45, 2.75) is 25.0 Å². The molecule has 0 radical (unpaired) electrons. The van der Waals surface area contributed by atoms with Crippen LogP contribution in [0.3, 0.4) is 0 Å². The number of aryl methyl sites for hydroxylation is 1. The summed E-state index contributed by atoms with van der Waals surface area (Å²) in [5.74, 6) is -0.0140. The largest absolute Gasteiger partial charge is 0.365 e. The first-order chi connectivity index (χ1) is 12.5. The first kappa shape index (κ1) is 16.8. The van der Waals surface area contributed by atoms with Crippen LogP contribution in [0.2, 0.25) is 0 Å². The lowest BCUT2D eigenvalue weighted by Crippen LogP contribution is -2.67. The molecule has 3 heterocycles. The van der Waals surface area contributed by atoms with E-state index in [2.05, 4.69) is 4.98 Å². The van der Waals surface area contributed by atoms with Crippen molar-refractivity contribution in [3.63, 3.8) is 0 Å². The summed E-state index contributed by atoms with van der Waals surface area (Å²) < 4.78 is 5.96. The number of carbonyl (C=O) groups excluding carboxylic acids is 2. The fourth-order valence-corrected chi connectivity index (χ4v) is 4.26. The Balaban J connectivity index is 1.67. The average molecular weight is 353 g/mol. The van der Waals surface area contributed by atoms with E-state index in [9.17, 15) is 9.59 Å². The van der Waals surface area contributed by atoms with E-state index in [0.29, 0.717) is 25.1 Å². The number of likely N-dealkylation sites (tertiary alicyclic amines) is 1. The molecule has 2 atom stereocenters. The van der Waals surface area contributed by atoms with E-state index in [-0.39, 0.29) is 24.5 Å². The second-order valence-corrected chi connectivity index (χ2v) is 7.06. The van der Waals surface area contributed by atoms with E-state index in [0.717, 1.165) is 11.3 Å². The highest BCUT2D eigenvalue weighted by Crippen LogP contribution is 2.42. The van der Waals surface area contributed by atoms with Gasteiger partial charge in [-0.3, -0.25) is 9.59 Å². The van der Waals surface area contributed by atoms with Crippen LogP contribution < -0.4 is 0 Å². The summed E-state index contributed by atoms with van der Waals surface area (Å²) in [4.78, 5) is 32.0. The molecule has 0 unspecified atom stereocenters. The van der Waals surface area contributed by atoms with E-state index in [4.69, 9.17) is 4.74 Å². The normalized spacial score (nSPS) is 25.9. The van der Waals surface area contributed by atoms with Crippen molar-refractivity contribution in [1.82, 2.24) is 14.8 Å². The summed E-state index contributed by atoms with van der Waals surface area (Å²) in [6.45, 7) is 3.00. The molecule has 0 saturated carbocycles. The van der Waals surface area contributed by atoms with Crippen molar-refractivity contribution < 1.29 is 14.3 Å². The van der Waals surface area contributed by atoms with Gasteiger partial charge in [-0.1, -0.05) is 30.3 Å². The van der Waals surface area contributed by atoms with Crippen molar-refractivity contribution in [3.8, 4) is 0 Å².